The highest BCUT2D eigenvalue weighted by molar-refractivity contribution is 9.10. The fraction of sp³-hybridized carbons (Fsp3) is 0.538. The van der Waals surface area contributed by atoms with E-state index >= 15 is 0 Å². The summed E-state index contributed by atoms with van der Waals surface area (Å²) < 4.78 is 1.15. The molecule has 1 atom stereocenters. The van der Waals surface area contributed by atoms with Crippen LogP contribution >= 0.6 is 15.9 Å². The third-order valence-electron chi connectivity index (χ3n) is 3.23. The summed E-state index contributed by atoms with van der Waals surface area (Å²) >= 11 is 3.50. The molecule has 1 fully saturated rings. The molecule has 88 valence electrons. The first-order chi connectivity index (χ1) is 7.66. The molecular formula is C13H19BrN2. The monoisotopic (exact) mass is 282 g/mol. The number of rotatable bonds is 3. The normalized spacial score (nSPS) is 20.1. The van der Waals surface area contributed by atoms with E-state index in [1.54, 1.807) is 0 Å². The minimum atomic E-state index is 0.660. The maximum Gasteiger partial charge on any atom is 0.0394 e. The Morgan fingerprint density at radius 2 is 2.31 bits per heavy atom. The molecule has 2 nitrogen and oxygen atoms in total. The van der Waals surface area contributed by atoms with E-state index in [-0.39, 0.29) is 0 Å². The standard InChI is InChI=1S/C13H19BrN2/c1-10-8-11(14)5-6-13(10)16(2)9-12-4-3-7-15-12/h5-6,8,12,15H,3-4,7,9H2,1-2H3. The Labute approximate surface area is 106 Å². The lowest BCUT2D eigenvalue weighted by atomic mass is 10.1. The quantitative estimate of drug-likeness (QED) is 0.917. The molecule has 1 unspecified atom stereocenters. The van der Waals surface area contributed by atoms with Gasteiger partial charge in [-0.05, 0) is 50.1 Å². The zero-order chi connectivity index (χ0) is 11.5. The van der Waals surface area contributed by atoms with Crippen LogP contribution in [0, 0.1) is 6.92 Å². The van der Waals surface area contributed by atoms with Gasteiger partial charge in [-0.2, -0.15) is 0 Å². The summed E-state index contributed by atoms with van der Waals surface area (Å²) in [5, 5.41) is 3.54. The van der Waals surface area contributed by atoms with Crippen molar-refractivity contribution in [1.82, 2.24) is 5.32 Å². The minimum absolute atomic E-state index is 0.660. The SMILES string of the molecule is Cc1cc(Br)ccc1N(C)CC1CCCN1. The average molecular weight is 283 g/mol. The van der Waals surface area contributed by atoms with Crippen molar-refractivity contribution in [3.05, 3.63) is 28.2 Å². The molecular weight excluding hydrogens is 264 g/mol. The molecule has 1 aliphatic rings. The van der Waals surface area contributed by atoms with Crippen LogP contribution in [-0.2, 0) is 0 Å². The lowest BCUT2D eigenvalue weighted by Crippen LogP contribution is -2.35. The van der Waals surface area contributed by atoms with Gasteiger partial charge in [0.25, 0.3) is 0 Å². The number of aryl methyl sites for hydroxylation is 1. The lowest BCUT2D eigenvalue weighted by Gasteiger charge is -2.25. The van der Waals surface area contributed by atoms with Crippen molar-refractivity contribution in [2.75, 3.05) is 25.0 Å². The predicted molar refractivity (Wildman–Crippen MR) is 73.2 cm³/mol. The van der Waals surface area contributed by atoms with Crippen molar-refractivity contribution in [2.45, 2.75) is 25.8 Å². The Bertz CT molecular complexity index is 359. The van der Waals surface area contributed by atoms with Gasteiger partial charge >= 0.3 is 0 Å². The third-order valence-corrected chi connectivity index (χ3v) is 3.72. The van der Waals surface area contributed by atoms with Crippen LogP contribution in [0.2, 0.25) is 0 Å². The first-order valence-corrected chi connectivity index (χ1v) is 6.67. The minimum Gasteiger partial charge on any atom is -0.373 e. The van der Waals surface area contributed by atoms with Gasteiger partial charge in [0, 0.05) is 29.8 Å². The molecule has 1 saturated heterocycles. The number of anilines is 1. The molecule has 0 bridgehead atoms. The van der Waals surface area contributed by atoms with Gasteiger partial charge in [-0.25, -0.2) is 0 Å². The van der Waals surface area contributed by atoms with Crippen molar-refractivity contribution in [3.63, 3.8) is 0 Å². The van der Waals surface area contributed by atoms with Crippen molar-refractivity contribution in [1.29, 1.82) is 0 Å². The summed E-state index contributed by atoms with van der Waals surface area (Å²) in [5.41, 5.74) is 2.66. The summed E-state index contributed by atoms with van der Waals surface area (Å²) in [4.78, 5) is 2.35. The number of nitrogens with one attached hydrogen (secondary N) is 1. The number of benzene rings is 1. The van der Waals surface area contributed by atoms with Crippen LogP contribution in [0.4, 0.5) is 5.69 Å². The van der Waals surface area contributed by atoms with E-state index in [9.17, 15) is 0 Å². The van der Waals surface area contributed by atoms with Gasteiger partial charge < -0.3 is 10.2 Å². The van der Waals surface area contributed by atoms with E-state index in [2.05, 4.69) is 58.3 Å². The lowest BCUT2D eigenvalue weighted by molar-refractivity contribution is 0.599. The Morgan fingerprint density at radius 3 is 2.94 bits per heavy atom. The van der Waals surface area contributed by atoms with Crippen LogP contribution < -0.4 is 10.2 Å². The van der Waals surface area contributed by atoms with E-state index in [0.29, 0.717) is 6.04 Å². The summed E-state index contributed by atoms with van der Waals surface area (Å²) in [6, 6.07) is 7.14. The van der Waals surface area contributed by atoms with Crippen molar-refractivity contribution in [3.8, 4) is 0 Å². The van der Waals surface area contributed by atoms with E-state index in [4.69, 9.17) is 0 Å². The average Bonchev–Trinajstić information content (AvgIpc) is 2.70. The fourth-order valence-electron chi connectivity index (χ4n) is 2.39. The molecule has 16 heavy (non-hydrogen) atoms. The van der Waals surface area contributed by atoms with Crippen molar-refractivity contribution >= 4 is 21.6 Å². The van der Waals surface area contributed by atoms with Crippen LogP contribution in [0.3, 0.4) is 0 Å². The third kappa shape index (κ3) is 2.77. The Balaban J connectivity index is 2.04. The fourth-order valence-corrected chi connectivity index (χ4v) is 2.86. The highest BCUT2D eigenvalue weighted by Gasteiger charge is 2.16. The number of hydrogen-bond acceptors (Lipinski definition) is 2. The molecule has 0 amide bonds. The molecule has 0 aliphatic carbocycles. The predicted octanol–water partition coefficient (Wildman–Crippen LogP) is 2.95. The van der Waals surface area contributed by atoms with Gasteiger partial charge in [-0.15, -0.1) is 0 Å². The molecule has 0 radical (unpaired) electrons. The van der Waals surface area contributed by atoms with E-state index in [0.717, 1.165) is 11.0 Å². The van der Waals surface area contributed by atoms with E-state index in [1.165, 1.54) is 30.6 Å². The van der Waals surface area contributed by atoms with Gasteiger partial charge in [0.2, 0.25) is 0 Å². The molecule has 1 N–H and O–H groups in total. The maximum atomic E-state index is 3.54. The van der Waals surface area contributed by atoms with Gasteiger partial charge in [0.1, 0.15) is 0 Å². The van der Waals surface area contributed by atoms with Gasteiger partial charge in [-0.1, -0.05) is 15.9 Å². The van der Waals surface area contributed by atoms with Crippen LogP contribution in [-0.4, -0.2) is 26.2 Å². The van der Waals surface area contributed by atoms with E-state index < -0.39 is 0 Å². The Kier molecular flexibility index (Phi) is 3.87. The largest absolute Gasteiger partial charge is 0.373 e. The molecule has 3 heteroatoms. The highest BCUT2D eigenvalue weighted by Crippen LogP contribution is 2.23. The number of hydrogen-bond donors (Lipinski definition) is 1. The smallest absolute Gasteiger partial charge is 0.0394 e. The van der Waals surface area contributed by atoms with Crippen LogP contribution in [0.25, 0.3) is 0 Å². The molecule has 0 saturated carbocycles. The summed E-state index contributed by atoms with van der Waals surface area (Å²) in [5.74, 6) is 0. The molecule has 1 aromatic carbocycles. The zero-order valence-corrected chi connectivity index (χ0v) is 11.5. The Hall–Kier alpha value is -0.540. The molecule has 0 aromatic heterocycles. The number of likely N-dealkylation sites (N-methyl/N-ethyl adjacent to an activating group) is 1. The molecule has 2 rings (SSSR count). The topological polar surface area (TPSA) is 15.3 Å². The van der Waals surface area contributed by atoms with Crippen molar-refractivity contribution in [2.24, 2.45) is 0 Å². The zero-order valence-electron chi connectivity index (χ0n) is 9.96. The second-order valence-electron chi connectivity index (χ2n) is 4.60. The molecule has 0 spiro atoms. The second kappa shape index (κ2) is 5.19. The summed E-state index contributed by atoms with van der Waals surface area (Å²) in [6.07, 6.45) is 2.62. The maximum absolute atomic E-state index is 3.54. The van der Waals surface area contributed by atoms with Crippen LogP contribution in [0.5, 0.6) is 0 Å². The van der Waals surface area contributed by atoms with E-state index in [1.807, 2.05) is 0 Å². The Morgan fingerprint density at radius 1 is 1.50 bits per heavy atom. The first-order valence-electron chi connectivity index (χ1n) is 5.87. The first kappa shape index (κ1) is 11.9. The van der Waals surface area contributed by atoms with Crippen LogP contribution in [0.1, 0.15) is 18.4 Å². The summed E-state index contributed by atoms with van der Waals surface area (Å²) in [7, 11) is 2.18. The van der Waals surface area contributed by atoms with Gasteiger partial charge in [-0.3, -0.25) is 0 Å². The number of halogens is 1. The summed E-state index contributed by atoms with van der Waals surface area (Å²) in [6.45, 7) is 4.44. The molecule has 1 heterocycles. The van der Waals surface area contributed by atoms with Gasteiger partial charge in [0.05, 0.1) is 0 Å². The second-order valence-corrected chi connectivity index (χ2v) is 5.52. The molecule has 1 aliphatic heterocycles. The molecule has 1 aromatic rings. The highest BCUT2D eigenvalue weighted by atomic mass is 79.9. The van der Waals surface area contributed by atoms with Crippen LogP contribution in [0.15, 0.2) is 22.7 Å². The van der Waals surface area contributed by atoms with Gasteiger partial charge in [0.15, 0.2) is 0 Å². The number of nitrogens with zero attached hydrogens (tertiary/aromatic N) is 1. The van der Waals surface area contributed by atoms with Crippen molar-refractivity contribution < 1.29 is 0 Å².